The number of hydrogen-bond acceptors (Lipinski definition) is 5. The van der Waals surface area contributed by atoms with Crippen LogP contribution in [0.5, 0.6) is 0 Å². The molecule has 0 aliphatic heterocycles. The van der Waals surface area contributed by atoms with E-state index in [9.17, 15) is 14.4 Å². The van der Waals surface area contributed by atoms with Crippen molar-refractivity contribution in [2.45, 2.75) is 0 Å². The number of rotatable bonds is 4. The van der Waals surface area contributed by atoms with E-state index in [1.807, 2.05) is 0 Å². The van der Waals surface area contributed by atoms with Crippen LogP contribution in [-0.4, -0.2) is 32.1 Å². The predicted molar refractivity (Wildman–Crippen MR) is 98.9 cm³/mol. The fraction of sp³-hybridized carbons (Fsp3) is 0.118. The predicted octanol–water partition coefficient (Wildman–Crippen LogP) is 4.04. The van der Waals surface area contributed by atoms with Crippen molar-refractivity contribution in [3.05, 3.63) is 62.0 Å². The molecule has 0 radical (unpaired) electrons. The first kappa shape index (κ1) is 19.1. The minimum atomic E-state index is -0.639. The van der Waals surface area contributed by atoms with Gasteiger partial charge < -0.3 is 14.8 Å². The van der Waals surface area contributed by atoms with Crippen LogP contribution in [0.3, 0.4) is 0 Å². The Labute approximate surface area is 160 Å². The summed E-state index contributed by atoms with van der Waals surface area (Å²) in [7, 11) is 2.47. The topological polar surface area (TPSA) is 81.7 Å². The highest BCUT2D eigenvalue weighted by Gasteiger charge is 2.19. The third-order valence-electron chi connectivity index (χ3n) is 3.27. The molecule has 2 aromatic rings. The molecule has 6 nitrogen and oxygen atoms in total. The summed E-state index contributed by atoms with van der Waals surface area (Å²) in [5.74, 6) is -1.68. The van der Waals surface area contributed by atoms with Gasteiger partial charge in [-0.15, -0.1) is 0 Å². The van der Waals surface area contributed by atoms with Gasteiger partial charge in [0.15, 0.2) is 0 Å². The molecule has 1 N–H and O–H groups in total. The second-order valence-electron chi connectivity index (χ2n) is 4.82. The van der Waals surface area contributed by atoms with Crippen molar-refractivity contribution in [2.24, 2.45) is 0 Å². The fourth-order valence-corrected chi connectivity index (χ4v) is 2.83. The molecule has 0 fully saturated rings. The zero-order valence-electron chi connectivity index (χ0n) is 13.3. The molecular formula is C17H13Br2NO5. The Bertz CT molecular complexity index is 851. The van der Waals surface area contributed by atoms with E-state index >= 15 is 0 Å². The molecule has 0 unspecified atom stereocenters. The Morgan fingerprint density at radius 1 is 0.880 bits per heavy atom. The number of anilines is 1. The van der Waals surface area contributed by atoms with Crippen LogP contribution in [0, 0.1) is 0 Å². The van der Waals surface area contributed by atoms with E-state index < -0.39 is 17.8 Å². The van der Waals surface area contributed by atoms with Crippen LogP contribution in [0.1, 0.15) is 31.1 Å². The van der Waals surface area contributed by atoms with Gasteiger partial charge in [0, 0.05) is 8.95 Å². The second-order valence-corrected chi connectivity index (χ2v) is 6.59. The Hall–Kier alpha value is -2.19. The lowest BCUT2D eigenvalue weighted by molar-refractivity contribution is 0.0587. The molecule has 0 bridgehead atoms. The minimum Gasteiger partial charge on any atom is -0.465 e. The number of carbonyl (C=O) groups excluding carboxylic acids is 3. The van der Waals surface area contributed by atoms with Crippen molar-refractivity contribution in [1.29, 1.82) is 0 Å². The number of esters is 2. The SMILES string of the molecule is COC(=O)c1ccc(C(=O)OC)c(NC(=O)c2cc(Br)ccc2Br)c1. The first-order valence-corrected chi connectivity index (χ1v) is 8.53. The van der Waals surface area contributed by atoms with Crippen molar-refractivity contribution in [3.63, 3.8) is 0 Å². The smallest absolute Gasteiger partial charge is 0.339 e. The highest BCUT2D eigenvalue weighted by Crippen LogP contribution is 2.25. The van der Waals surface area contributed by atoms with Gasteiger partial charge in [0.25, 0.3) is 5.91 Å². The molecular weight excluding hydrogens is 458 g/mol. The molecule has 0 aliphatic rings. The third-order valence-corrected chi connectivity index (χ3v) is 4.45. The standard InChI is InChI=1S/C17H13Br2NO5/c1-24-16(22)9-3-5-11(17(23)25-2)14(7-9)20-15(21)12-8-10(18)4-6-13(12)19/h3-8H,1-2H3,(H,20,21). The summed E-state index contributed by atoms with van der Waals surface area (Å²) >= 11 is 6.61. The number of benzene rings is 2. The molecule has 0 spiro atoms. The molecule has 0 aromatic heterocycles. The summed E-state index contributed by atoms with van der Waals surface area (Å²) in [6.07, 6.45) is 0. The Kier molecular flexibility index (Phi) is 6.33. The maximum absolute atomic E-state index is 12.6. The normalized spacial score (nSPS) is 10.1. The van der Waals surface area contributed by atoms with Gasteiger partial charge in [-0.2, -0.15) is 0 Å². The average Bonchev–Trinajstić information content (AvgIpc) is 2.62. The van der Waals surface area contributed by atoms with Gasteiger partial charge in [0.1, 0.15) is 0 Å². The number of ether oxygens (including phenoxy) is 2. The Morgan fingerprint density at radius 2 is 1.56 bits per heavy atom. The summed E-state index contributed by atoms with van der Waals surface area (Å²) < 4.78 is 10.7. The molecule has 0 heterocycles. The third kappa shape index (κ3) is 4.46. The molecule has 0 saturated heterocycles. The van der Waals surface area contributed by atoms with Gasteiger partial charge in [-0.3, -0.25) is 4.79 Å². The molecule has 1 amide bonds. The zero-order chi connectivity index (χ0) is 18.6. The number of amides is 1. The molecule has 8 heteroatoms. The van der Waals surface area contributed by atoms with Gasteiger partial charge in [-0.25, -0.2) is 9.59 Å². The van der Waals surface area contributed by atoms with Crippen LogP contribution in [0.4, 0.5) is 5.69 Å². The average molecular weight is 471 g/mol. The van der Waals surface area contributed by atoms with Crippen LogP contribution < -0.4 is 5.32 Å². The summed E-state index contributed by atoms with van der Waals surface area (Å²) in [4.78, 5) is 36.2. The lowest BCUT2D eigenvalue weighted by atomic mass is 10.1. The number of methoxy groups -OCH3 is 2. The highest BCUT2D eigenvalue weighted by molar-refractivity contribution is 9.11. The van der Waals surface area contributed by atoms with Gasteiger partial charge in [-0.05, 0) is 52.3 Å². The summed E-state index contributed by atoms with van der Waals surface area (Å²) in [6.45, 7) is 0. The summed E-state index contributed by atoms with van der Waals surface area (Å²) in [5.41, 5.74) is 0.814. The fourth-order valence-electron chi connectivity index (χ4n) is 2.04. The quantitative estimate of drug-likeness (QED) is 0.682. The van der Waals surface area contributed by atoms with Gasteiger partial charge in [-0.1, -0.05) is 15.9 Å². The second kappa shape index (κ2) is 8.26. The molecule has 0 aliphatic carbocycles. The molecule has 0 saturated carbocycles. The van der Waals surface area contributed by atoms with E-state index in [2.05, 4.69) is 41.9 Å². The molecule has 2 rings (SSSR count). The van der Waals surface area contributed by atoms with E-state index in [4.69, 9.17) is 4.74 Å². The van der Waals surface area contributed by atoms with Crippen LogP contribution in [0.2, 0.25) is 0 Å². The molecule has 2 aromatic carbocycles. The van der Waals surface area contributed by atoms with Gasteiger partial charge >= 0.3 is 11.9 Å². The number of carbonyl (C=O) groups is 3. The van der Waals surface area contributed by atoms with Crippen molar-refractivity contribution < 1.29 is 23.9 Å². The van der Waals surface area contributed by atoms with Gasteiger partial charge in [0.2, 0.25) is 0 Å². The lowest BCUT2D eigenvalue weighted by Crippen LogP contribution is -2.17. The monoisotopic (exact) mass is 469 g/mol. The van der Waals surface area contributed by atoms with Crippen LogP contribution in [0.25, 0.3) is 0 Å². The largest absolute Gasteiger partial charge is 0.465 e. The first-order valence-electron chi connectivity index (χ1n) is 6.94. The summed E-state index contributed by atoms with van der Waals surface area (Å²) in [5, 5.41) is 2.63. The van der Waals surface area contributed by atoms with Crippen LogP contribution in [-0.2, 0) is 9.47 Å². The number of halogens is 2. The molecule has 25 heavy (non-hydrogen) atoms. The Balaban J connectivity index is 2.44. The van der Waals surface area contributed by atoms with E-state index in [0.29, 0.717) is 10.0 Å². The minimum absolute atomic E-state index is 0.120. The first-order chi connectivity index (χ1) is 11.9. The van der Waals surface area contributed by atoms with Crippen molar-refractivity contribution >= 4 is 55.4 Å². The number of nitrogens with one attached hydrogen (secondary N) is 1. The van der Waals surface area contributed by atoms with E-state index in [0.717, 1.165) is 4.47 Å². The van der Waals surface area contributed by atoms with Crippen molar-refractivity contribution in [1.82, 2.24) is 0 Å². The molecule has 130 valence electrons. The lowest BCUT2D eigenvalue weighted by Gasteiger charge is -2.12. The van der Waals surface area contributed by atoms with Crippen LogP contribution >= 0.6 is 31.9 Å². The molecule has 0 atom stereocenters. The van der Waals surface area contributed by atoms with E-state index in [-0.39, 0.29) is 16.8 Å². The maximum Gasteiger partial charge on any atom is 0.339 e. The number of hydrogen-bond donors (Lipinski definition) is 1. The van der Waals surface area contributed by atoms with Crippen LogP contribution in [0.15, 0.2) is 45.3 Å². The Morgan fingerprint density at radius 3 is 2.20 bits per heavy atom. The van der Waals surface area contributed by atoms with Gasteiger partial charge in [0.05, 0.1) is 36.6 Å². The summed E-state index contributed by atoms with van der Waals surface area (Å²) in [6, 6.07) is 9.29. The van der Waals surface area contributed by atoms with E-state index in [1.54, 1.807) is 18.2 Å². The van der Waals surface area contributed by atoms with E-state index in [1.165, 1.54) is 32.4 Å². The van der Waals surface area contributed by atoms with Crippen molar-refractivity contribution in [3.8, 4) is 0 Å². The zero-order valence-corrected chi connectivity index (χ0v) is 16.4. The highest BCUT2D eigenvalue weighted by atomic mass is 79.9. The van der Waals surface area contributed by atoms with Crippen molar-refractivity contribution in [2.75, 3.05) is 19.5 Å². The maximum atomic E-state index is 12.6.